The largest absolute Gasteiger partial charge is 0.309 e. The highest BCUT2D eigenvalue weighted by Crippen LogP contribution is 2.45. The molecule has 1 aliphatic carbocycles. The van der Waals surface area contributed by atoms with Crippen LogP contribution < -0.4 is 0 Å². The maximum atomic E-state index is 9.30. The lowest BCUT2D eigenvalue weighted by Crippen LogP contribution is -1.94. The van der Waals surface area contributed by atoms with E-state index in [1.807, 2.05) is 65.2 Å². The molecule has 0 amide bonds. The van der Waals surface area contributed by atoms with Crippen LogP contribution in [0.25, 0.3) is 71.3 Å². The number of hydrogen-bond donors (Lipinski definition) is 0. The molecule has 0 N–H and O–H groups in total. The number of benzene rings is 7. The second kappa shape index (κ2) is 8.18. The lowest BCUT2D eigenvalue weighted by atomic mass is 9.97. The molecule has 0 saturated carbocycles. The molecule has 0 atom stereocenters. The summed E-state index contributed by atoms with van der Waals surface area (Å²) >= 11 is 0. The summed E-state index contributed by atoms with van der Waals surface area (Å²) in [7, 11) is 0. The first-order valence-corrected chi connectivity index (χ1v) is 13.7. The molecule has 0 aliphatic heterocycles. The Kier molecular flexibility index (Phi) is 3.72. The summed E-state index contributed by atoms with van der Waals surface area (Å²) in [5, 5.41) is 6.43. The molecule has 186 valence electrons. The van der Waals surface area contributed by atoms with E-state index in [2.05, 4.69) is 54.6 Å². The van der Waals surface area contributed by atoms with Crippen LogP contribution in [0.4, 0.5) is 0 Å². The Morgan fingerprint density at radius 2 is 1.20 bits per heavy atom. The zero-order chi connectivity index (χ0) is 29.7. The summed E-state index contributed by atoms with van der Waals surface area (Å²) in [4.78, 5) is 0. The summed E-state index contributed by atoms with van der Waals surface area (Å²) in [5.41, 5.74) is 8.06. The van der Waals surface area contributed by atoms with Crippen molar-refractivity contribution >= 4 is 43.4 Å². The van der Waals surface area contributed by atoms with Crippen molar-refractivity contribution in [2.24, 2.45) is 0 Å². The van der Waals surface area contributed by atoms with Gasteiger partial charge in [0.25, 0.3) is 0 Å². The van der Waals surface area contributed by atoms with Gasteiger partial charge in [0.05, 0.1) is 16.5 Å². The van der Waals surface area contributed by atoms with Crippen LogP contribution in [0, 0.1) is 0 Å². The van der Waals surface area contributed by atoms with Crippen molar-refractivity contribution in [1.29, 1.82) is 0 Å². The maximum Gasteiger partial charge on any atom is 0.0645 e. The smallest absolute Gasteiger partial charge is 0.0645 e. The van der Waals surface area contributed by atoms with Crippen LogP contribution in [0.1, 0.15) is 16.6 Å². The van der Waals surface area contributed by atoms with Crippen LogP contribution >= 0.6 is 0 Å². The lowest BCUT2D eigenvalue weighted by molar-refractivity contribution is 1.17. The second-order valence-electron chi connectivity index (χ2n) is 10.6. The first-order chi connectivity index (χ1) is 21.5. The normalized spacial score (nSPS) is 13.8. The number of nitrogens with zero attached hydrogens (tertiary/aromatic N) is 1. The lowest BCUT2D eigenvalue weighted by Gasteiger charge is -2.11. The van der Waals surface area contributed by atoms with Gasteiger partial charge in [-0.2, -0.15) is 0 Å². The Hall–Kier alpha value is -5.14. The van der Waals surface area contributed by atoms with E-state index in [9.17, 15) is 5.48 Å². The van der Waals surface area contributed by atoms with Gasteiger partial charge in [0, 0.05) is 16.5 Å². The Morgan fingerprint density at radius 3 is 2.05 bits per heavy atom. The predicted molar refractivity (Wildman–Crippen MR) is 169 cm³/mol. The van der Waals surface area contributed by atoms with E-state index in [1.165, 1.54) is 33.0 Å². The molecule has 0 radical (unpaired) electrons. The van der Waals surface area contributed by atoms with Gasteiger partial charge in [-0.25, -0.2) is 0 Å². The van der Waals surface area contributed by atoms with Gasteiger partial charge in [-0.05, 0) is 91.6 Å². The van der Waals surface area contributed by atoms with Gasteiger partial charge in [-0.15, -0.1) is 0 Å². The van der Waals surface area contributed by atoms with Crippen molar-refractivity contribution in [3.05, 3.63) is 151 Å². The average Bonchev–Trinajstić information content (AvgIpc) is 3.58. The maximum absolute atomic E-state index is 9.30. The highest BCUT2D eigenvalue weighted by atomic mass is 15.0. The fraction of sp³-hybridized carbons (Fsp3) is 0.0256. The molecule has 0 unspecified atom stereocenters. The van der Waals surface area contributed by atoms with Crippen molar-refractivity contribution in [1.82, 2.24) is 4.57 Å². The molecule has 9 rings (SSSR count). The minimum absolute atomic E-state index is 0.0386. The summed E-state index contributed by atoms with van der Waals surface area (Å²) in [6.07, 6.45) is 0.807. The number of fused-ring (bicyclic) bond motifs is 9. The van der Waals surface area contributed by atoms with E-state index in [0.29, 0.717) is 11.1 Å². The molecule has 0 fully saturated rings. The molecule has 40 heavy (non-hydrogen) atoms. The summed E-state index contributed by atoms with van der Waals surface area (Å²) < 4.78 is 38.9. The van der Waals surface area contributed by atoms with E-state index in [-0.39, 0.29) is 29.9 Å². The Labute approximate surface area is 238 Å². The Bertz CT molecular complexity index is 2490. The van der Waals surface area contributed by atoms with Gasteiger partial charge < -0.3 is 4.57 Å². The number of hydrogen-bond acceptors (Lipinski definition) is 0. The molecule has 8 aromatic rings. The fourth-order valence-electron chi connectivity index (χ4n) is 6.66. The first kappa shape index (κ1) is 18.2. The standard InChI is InChI=1S/C39H25N/c1-3-11-31-25(8-1)10-7-14-32(31)27-18-20-30(21-19-27)40-37-15-6-5-13-34(37)36-24-35-29(23-38(36)40)22-28-17-16-26-9-2-4-12-33(26)39(28)35/h1-21,23-24H,22H2/i18D,19D,20D,21D. The minimum Gasteiger partial charge on any atom is -0.309 e. The monoisotopic (exact) mass is 511 g/mol. The zero-order valence-electron chi connectivity index (χ0n) is 25.6. The molecule has 1 aliphatic rings. The fourth-order valence-corrected chi connectivity index (χ4v) is 6.66. The Balaban J connectivity index is 1.34. The third-order valence-corrected chi connectivity index (χ3v) is 8.46. The third-order valence-electron chi connectivity index (χ3n) is 8.46. The van der Waals surface area contributed by atoms with E-state index in [1.54, 1.807) is 0 Å². The van der Waals surface area contributed by atoms with Crippen molar-refractivity contribution in [3.63, 3.8) is 0 Å². The van der Waals surface area contributed by atoms with Gasteiger partial charge in [-0.1, -0.05) is 109 Å². The predicted octanol–water partition coefficient (Wildman–Crippen LogP) is 10.3. The van der Waals surface area contributed by atoms with E-state index < -0.39 is 0 Å². The van der Waals surface area contributed by atoms with Crippen LogP contribution in [0.3, 0.4) is 0 Å². The molecule has 1 aromatic heterocycles. The SMILES string of the molecule is [2H]c1c([2H])c(-n2c3ccccc3c3cc4c(cc32)Cc2ccc3ccccc3c2-4)c([2H])c([2H])c1-c1cccc2ccccc12. The number of rotatable bonds is 2. The van der Waals surface area contributed by atoms with E-state index in [0.717, 1.165) is 39.0 Å². The van der Waals surface area contributed by atoms with Crippen molar-refractivity contribution in [2.75, 3.05) is 0 Å². The van der Waals surface area contributed by atoms with Crippen LogP contribution in [-0.4, -0.2) is 4.57 Å². The third kappa shape index (κ3) is 3.03. The molecule has 0 bridgehead atoms. The first-order valence-electron chi connectivity index (χ1n) is 15.7. The average molecular weight is 512 g/mol. The number of para-hydroxylation sites is 1. The molecule has 1 nitrogen and oxygen atoms in total. The molecular formula is C39H25N. The topological polar surface area (TPSA) is 4.93 Å². The van der Waals surface area contributed by atoms with Gasteiger partial charge in [-0.3, -0.25) is 0 Å². The van der Waals surface area contributed by atoms with Crippen molar-refractivity contribution in [3.8, 4) is 27.9 Å². The van der Waals surface area contributed by atoms with Gasteiger partial charge in [0.15, 0.2) is 0 Å². The summed E-state index contributed by atoms with van der Waals surface area (Å²) in [6.45, 7) is 0. The zero-order valence-corrected chi connectivity index (χ0v) is 21.6. The van der Waals surface area contributed by atoms with Crippen molar-refractivity contribution in [2.45, 2.75) is 6.42 Å². The van der Waals surface area contributed by atoms with E-state index >= 15 is 0 Å². The second-order valence-corrected chi connectivity index (χ2v) is 10.6. The molecule has 0 spiro atoms. The molecule has 1 heterocycles. The van der Waals surface area contributed by atoms with Crippen LogP contribution in [0.2, 0.25) is 0 Å². The van der Waals surface area contributed by atoms with Gasteiger partial charge in [0.2, 0.25) is 0 Å². The highest BCUT2D eigenvalue weighted by molar-refractivity contribution is 6.13. The van der Waals surface area contributed by atoms with Gasteiger partial charge >= 0.3 is 0 Å². The molecule has 0 saturated heterocycles. The summed E-state index contributed by atoms with van der Waals surface area (Å²) in [6, 6.07) is 39.0. The molecular weight excluding hydrogens is 482 g/mol. The molecule has 1 heteroatoms. The number of aromatic nitrogens is 1. The van der Waals surface area contributed by atoms with Crippen LogP contribution in [0.5, 0.6) is 0 Å². The quantitative estimate of drug-likeness (QED) is 0.218. The summed E-state index contributed by atoms with van der Waals surface area (Å²) in [5.74, 6) is 0. The van der Waals surface area contributed by atoms with Crippen LogP contribution in [0.15, 0.2) is 139 Å². The minimum atomic E-state index is -0.0497. The highest BCUT2D eigenvalue weighted by Gasteiger charge is 2.24. The Morgan fingerprint density at radius 1 is 0.500 bits per heavy atom. The molecule has 7 aromatic carbocycles. The van der Waals surface area contributed by atoms with E-state index in [4.69, 9.17) is 0 Å². The van der Waals surface area contributed by atoms with Crippen LogP contribution in [-0.2, 0) is 6.42 Å². The van der Waals surface area contributed by atoms with Crippen molar-refractivity contribution < 1.29 is 5.48 Å². The van der Waals surface area contributed by atoms with Gasteiger partial charge in [0.1, 0.15) is 0 Å².